The number of likely N-dealkylation sites (tertiary alicyclic amines) is 1. The number of aliphatic hydroxyl groups is 1. The first kappa shape index (κ1) is 15.7. The van der Waals surface area contributed by atoms with Crippen LogP contribution in [-0.4, -0.2) is 40.4 Å². The smallest absolute Gasteiger partial charge is 0.222 e. The molecule has 1 N–H and O–H groups in total. The van der Waals surface area contributed by atoms with E-state index in [9.17, 15) is 9.90 Å². The summed E-state index contributed by atoms with van der Waals surface area (Å²) >= 11 is 7.56. The van der Waals surface area contributed by atoms with Gasteiger partial charge in [0.2, 0.25) is 5.91 Å². The molecule has 0 bridgehead atoms. The summed E-state index contributed by atoms with van der Waals surface area (Å²) in [6, 6.07) is 7.73. The molecule has 0 atom stereocenters. The van der Waals surface area contributed by atoms with E-state index >= 15 is 0 Å². The summed E-state index contributed by atoms with van der Waals surface area (Å²) in [4.78, 5) is 14.8. The van der Waals surface area contributed by atoms with Crippen LogP contribution < -0.4 is 0 Å². The molecule has 3 nitrogen and oxygen atoms in total. The first-order chi connectivity index (χ1) is 9.52. The van der Waals surface area contributed by atoms with E-state index in [1.54, 1.807) is 16.7 Å². The van der Waals surface area contributed by atoms with Crippen molar-refractivity contribution in [3.63, 3.8) is 0 Å². The molecule has 1 heterocycles. The van der Waals surface area contributed by atoms with Crippen LogP contribution in [-0.2, 0) is 4.79 Å². The Morgan fingerprint density at radius 1 is 1.40 bits per heavy atom. The average Bonchev–Trinajstić information content (AvgIpc) is 2.41. The van der Waals surface area contributed by atoms with Crippen LogP contribution >= 0.6 is 23.4 Å². The molecule has 1 fully saturated rings. The fourth-order valence-corrected chi connectivity index (χ4v) is 3.15. The molecule has 1 saturated heterocycles. The third kappa shape index (κ3) is 4.14. The standard InChI is InChI=1S/C15H20ClNO2S/c1-2-15(19)10-17(11-15)14(18)4-3-9-20-13-7-5-12(16)6-8-13/h5-8,19H,2-4,9-11H2,1H3. The van der Waals surface area contributed by atoms with Crippen molar-refractivity contribution in [3.05, 3.63) is 29.3 Å². The zero-order valence-corrected chi connectivity index (χ0v) is 13.2. The van der Waals surface area contributed by atoms with Gasteiger partial charge in [-0.15, -0.1) is 11.8 Å². The Morgan fingerprint density at radius 3 is 2.65 bits per heavy atom. The van der Waals surface area contributed by atoms with E-state index in [4.69, 9.17) is 11.6 Å². The molecule has 1 aromatic carbocycles. The summed E-state index contributed by atoms with van der Waals surface area (Å²) in [5.74, 6) is 1.07. The first-order valence-corrected chi connectivity index (χ1v) is 8.27. The number of β-amino-alcohol motifs (C(OH)–C–C–N with tert-alkyl or cyclic N) is 1. The Bertz CT molecular complexity index is 457. The highest BCUT2D eigenvalue weighted by Crippen LogP contribution is 2.25. The third-order valence-corrected chi connectivity index (χ3v) is 4.95. The number of hydrogen-bond acceptors (Lipinski definition) is 3. The molecule has 0 aliphatic carbocycles. The SMILES string of the molecule is CCC1(O)CN(C(=O)CCCSc2ccc(Cl)cc2)C1. The molecule has 1 aliphatic rings. The number of carbonyl (C=O) groups is 1. The average molecular weight is 314 g/mol. The quantitative estimate of drug-likeness (QED) is 0.647. The largest absolute Gasteiger partial charge is 0.386 e. The normalized spacial score (nSPS) is 16.9. The minimum atomic E-state index is -0.631. The predicted molar refractivity (Wildman–Crippen MR) is 83.2 cm³/mol. The Labute approximate surface area is 129 Å². The third-order valence-electron chi connectivity index (χ3n) is 3.60. The van der Waals surface area contributed by atoms with E-state index in [-0.39, 0.29) is 5.91 Å². The van der Waals surface area contributed by atoms with Gasteiger partial charge >= 0.3 is 0 Å². The minimum absolute atomic E-state index is 0.153. The van der Waals surface area contributed by atoms with Gasteiger partial charge in [0.25, 0.3) is 0 Å². The van der Waals surface area contributed by atoms with Gasteiger partial charge in [0.15, 0.2) is 0 Å². The van der Waals surface area contributed by atoms with E-state index in [1.807, 2.05) is 31.2 Å². The van der Waals surface area contributed by atoms with Gasteiger partial charge in [-0.25, -0.2) is 0 Å². The fraction of sp³-hybridized carbons (Fsp3) is 0.533. The number of benzene rings is 1. The first-order valence-electron chi connectivity index (χ1n) is 6.91. The molecule has 0 radical (unpaired) electrons. The summed E-state index contributed by atoms with van der Waals surface area (Å²) in [5, 5.41) is 10.6. The Balaban J connectivity index is 1.62. The van der Waals surface area contributed by atoms with Crippen molar-refractivity contribution in [3.8, 4) is 0 Å². The number of nitrogens with zero attached hydrogens (tertiary/aromatic N) is 1. The summed E-state index contributed by atoms with van der Waals surface area (Å²) in [5.41, 5.74) is -0.631. The molecule has 1 aliphatic heterocycles. The van der Waals surface area contributed by atoms with Crippen LogP contribution in [0.5, 0.6) is 0 Å². The molecule has 110 valence electrons. The molecular formula is C15H20ClNO2S. The molecule has 0 aromatic heterocycles. The summed E-state index contributed by atoms with van der Waals surface area (Å²) in [6.07, 6.45) is 2.12. The molecule has 2 rings (SSSR count). The maximum Gasteiger partial charge on any atom is 0.222 e. The van der Waals surface area contributed by atoms with E-state index in [0.717, 1.165) is 17.2 Å². The van der Waals surface area contributed by atoms with Crippen LogP contribution in [0, 0.1) is 0 Å². The fourth-order valence-electron chi connectivity index (χ4n) is 2.17. The van der Waals surface area contributed by atoms with Gasteiger partial charge < -0.3 is 10.0 Å². The molecule has 0 spiro atoms. The van der Waals surface area contributed by atoms with Crippen LogP contribution in [0.4, 0.5) is 0 Å². The maximum atomic E-state index is 11.9. The number of thioether (sulfide) groups is 1. The highest BCUT2D eigenvalue weighted by atomic mass is 35.5. The second-order valence-corrected chi connectivity index (χ2v) is 6.84. The van der Waals surface area contributed by atoms with Crippen molar-refractivity contribution in [2.75, 3.05) is 18.8 Å². The van der Waals surface area contributed by atoms with Gasteiger partial charge in [0.05, 0.1) is 18.7 Å². The van der Waals surface area contributed by atoms with Crippen LogP contribution in [0.1, 0.15) is 26.2 Å². The van der Waals surface area contributed by atoms with Gasteiger partial charge in [-0.3, -0.25) is 4.79 Å². The summed E-state index contributed by atoms with van der Waals surface area (Å²) in [7, 11) is 0. The van der Waals surface area contributed by atoms with E-state index in [2.05, 4.69) is 0 Å². The van der Waals surface area contributed by atoms with Crippen molar-refractivity contribution >= 4 is 29.3 Å². The van der Waals surface area contributed by atoms with Gasteiger partial charge in [-0.05, 0) is 42.9 Å². The summed E-state index contributed by atoms with van der Waals surface area (Å²) in [6.45, 7) is 2.93. The van der Waals surface area contributed by atoms with Crippen molar-refractivity contribution in [1.82, 2.24) is 4.90 Å². The van der Waals surface area contributed by atoms with Crippen molar-refractivity contribution in [1.29, 1.82) is 0 Å². The zero-order chi connectivity index (χ0) is 14.6. The van der Waals surface area contributed by atoms with Crippen molar-refractivity contribution in [2.45, 2.75) is 36.7 Å². The molecule has 5 heteroatoms. The lowest BCUT2D eigenvalue weighted by Gasteiger charge is -2.46. The second-order valence-electron chi connectivity index (χ2n) is 5.23. The molecule has 0 saturated carbocycles. The zero-order valence-electron chi connectivity index (χ0n) is 11.6. The van der Waals surface area contributed by atoms with Crippen LogP contribution in [0.2, 0.25) is 5.02 Å². The van der Waals surface area contributed by atoms with E-state index in [0.29, 0.717) is 25.9 Å². The van der Waals surface area contributed by atoms with Crippen LogP contribution in [0.3, 0.4) is 0 Å². The summed E-state index contributed by atoms with van der Waals surface area (Å²) < 4.78 is 0. The highest BCUT2D eigenvalue weighted by molar-refractivity contribution is 7.99. The van der Waals surface area contributed by atoms with Gasteiger partial charge in [0, 0.05) is 16.3 Å². The van der Waals surface area contributed by atoms with Gasteiger partial charge in [-0.1, -0.05) is 18.5 Å². The lowest BCUT2D eigenvalue weighted by Crippen LogP contribution is -2.63. The van der Waals surface area contributed by atoms with Crippen molar-refractivity contribution < 1.29 is 9.90 Å². The topological polar surface area (TPSA) is 40.5 Å². The van der Waals surface area contributed by atoms with Gasteiger partial charge in [0.1, 0.15) is 0 Å². The molecule has 1 amide bonds. The Kier molecular flexibility index (Phi) is 5.35. The number of hydrogen-bond donors (Lipinski definition) is 1. The molecular weight excluding hydrogens is 294 g/mol. The lowest BCUT2D eigenvalue weighted by molar-refractivity contribution is -0.155. The monoisotopic (exact) mass is 313 g/mol. The minimum Gasteiger partial charge on any atom is -0.386 e. The predicted octanol–water partition coefficient (Wildman–Crippen LogP) is 3.20. The maximum absolute atomic E-state index is 11.9. The van der Waals surface area contributed by atoms with Crippen molar-refractivity contribution in [2.24, 2.45) is 0 Å². The lowest BCUT2D eigenvalue weighted by atomic mass is 9.91. The van der Waals surface area contributed by atoms with Crippen LogP contribution in [0.25, 0.3) is 0 Å². The Hall–Kier alpha value is -0.710. The molecule has 20 heavy (non-hydrogen) atoms. The molecule has 0 unspecified atom stereocenters. The van der Waals surface area contributed by atoms with E-state index < -0.39 is 5.60 Å². The van der Waals surface area contributed by atoms with E-state index in [1.165, 1.54) is 4.90 Å². The Morgan fingerprint density at radius 2 is 2.05 bits per heavy atom. The number of amides is 1. The van der Waals surface area contributed by atoms with Crippen LogP contribution in [0.15, 0.2) is 29.2 Å². The second kappa shape index (κ2) is 6.83. The number of halogens is 1. The molecule has 1 aromatic rings. The highest BCUT2D eigenvalue weighted by Gasteiger charge is 2.41. The number of carbonyl (C=O) groups excluding carboxylic acids is 1. The number of rotatable bonds is 6. The van der Waals surface area contributed by atoms with Gasteiger partial charge in [-0.2, -0.15) is 0 Å².